The van der Waals surface area contributed by atoms with Crippen molar-refractivity contribution in [1.29, 1.82) is 0 Å². The predicted octanol–water partition coefficient (Wildman–Crippen LogP) is 0.739. The monoisotopic (exact) mass is 246 g/mol. The zero-order valence-electron chi connectivity index (χ0n) is 10.9. The highest BCUT2D eigenvalue weighted by atomic mass is 16.6. The SMILES string of the molecule is CCOC(=O)C(C)C1O[C@@H]([C@@H](C)OC)C[C@H]1O. The van der Waals surface area contributed by atoms with Crippen molar-refractivity contribution in [2.45, 2.75) is 51.6 Å². The molecule has 2 unspecified atom stereocenters. The zero-order chi connectivity index (χ0) is 13.0. The molecule has 1 saturated heterocycles. The topological polar surface area (TPSA) is 65.0 Å². The summed E-state index contributed by atoms with van der Waals surface area (Å²) < 4.78 is 15.8. The molecule has 1 aliphatic rings. The first-order valence-corrected chi connectivity index (χ1v) is 6.04. The number of aliphatic hydroxyl groups is 1. The van der Waals surface area contributed by atoms with E-state index in [9.17, 15) is 9.90 Å². The van der Waals surface area contributed by atoms with Gasteiger partial charge in [-0.3, -0.25) is 4.79 Å². The van der Waals surface area contributed by atoms with Crippen molar-refractivity contribution in [2.75, 3.05) is 13.7 Å². The minimum atomic E-state index is -0.642. The van der Waals surface area contributed by atoms with E-state index in [-0.39, 0.29) is 18.2 Å². The van der Waals surface area contributed by atoms with Crippen molar-refractivity contribution >= 4 is 5.97 Å². The number of hydrogen-bond acceptors (Lipinski definition) is 5. The van der Waals surface area contributed by atoms with Crippen LogP contribution in [0.2, 0.25) is 0 Å². The van der Waals surface area contributed by atoms with E-state index in [0.717, 1.165) is 0 Å². The first kappa shape index (κ1) is 14.4. The molecule has 0 radical (unpaired) electrons. The second-order valence-electron chi connectivity index (χ2n) is 4.42. The molecule has 0 aromatic heterocycles. The van der Waals surface area contributed by atoms with E-state index in [1.165, 1.54) is 0 Å². The molecule has 0 amide bonds. The molecule has 1 aliphatic heterocycles. The summed E-state index contributed by atoms with van der Waals surface area (Å²) in [4.78, 5) is 11.6. The molecular formula is C12H22O5. The van der Waals surface area contributed by atoms with Crippen LogP contribution in [-0.2, 0) is 19.0 Å². The maximum atomic E-state index is 11.6. The van der Waals surface area contributed by atoms with Crippen LogP contribution >= 0.6 is 0 Å². The molecule has 1 rings (SSSR count). The number of carbonyl (C=O) groups is 1. The summed E-state index contributed by atoms with van der Waals surface area (Å²) >= 11 is 0. The lowest BCUT2D eigenvalue weighted by atomic mass is 9.99. The Morgan fingerprint density at radius 3 is 2.71 bits per heavy atom. The molecule has 1 fully saturated rings. The fourth-order valence-corrected chi connectivity index (χ4v) is 2.03. The average Bonchev–Trinajstić information content (AvgIpc) is 2.69. The summed E-state index contributed by atoms with van der Waals surface area (Å²) in [5, 5.41) is 9.90. The number of aliphatic hydroxyl groups excluding tert-OH is 1. The van der Waals surface area contributed by atoms with Gasteiger partial charge in [-0.15, -0.1) is 0 Å². The fourth-order valence-electron chi connectivity index (χ4n) is 2.03. The van der Waals surface area contributed by atoms with Crippen LogP contribution in [-0.4, -0.2) is 49.2 Å². The van der Waals surface area contributed by atoms with Gasteiger partial charge in [0.2, 0.25) is 0 Å². The van der Waals surface area contributed by atoms with E-state index >= 15 is 0 Å². The van der Waals surface area contributed by atoms with Gasteiger partial charge in [-0.1, -0.05) is 0 Å². The molecule has 5 atom stereocenters. The normalized spacial score (nSPS) is 32.2. The molecule has 0 aromatic rings. The third-order valence-electron chi connectivity index (χ3n) is 3.23. The molecule has 0 aromatic carbocycles. The van der Waals surface area contributed by atoms with E-state index in [1.54, 1.807) is 21.0 Å². The molecule has 0 saturated carbocycles. The van der Waals surface area contributed by atoms with Crippen LogP contribution in [0, 0.1) is 5.92 Å². The van der Waals surface area contributed by atoms with Gasteiger partial charge in [-0.05, 0) is 20.8 Å². The highest BCUT2D eigenvalue weighted by Crippen LogP contribution is 2.29. The number of esters is 1. The van der Waals surface area contributed by atoms with Crippen LogP contribution in [0.4, 0.5) is 0 Å². The quantitative estimate of drug-likeness (QED) is 0.725. The van der Waals surface area contributed by atoms with Gasteiger partial charge in [0.15, 0.2) is 0 Å². The van der Waals surface area contributed by atoms with Crippen LogP contribution in [0.5, 0.6) is 0 Å². The first-order chi connectivity index (χ1) is 8.01. The zero-order valence-corrected chi connectivity index (χ0v) is 10.9. The van der Waals surface area contributed by atoms with Gasteiger partial charge in [0.05, 0.1) is 36.9 Å². The molecule has 0 aliphatic carbocycles. The Labute approximate surface area is 102 Å². The molecular weight excluding hydrogens is 224 g/mol. The van der Waals surface area contributed by atoms with Crippen molar-refractivity contribution in [3.8, 4) is 0 Å². The predicted molar refractivity (Wildman–Crippen MR) is 61.6 cm³/mol. The maximum Gasteiger partial charge on any atom is 0.311 e. The minimum Gasteiger partial charge on any atom is -0.466 e. The molecule has 1 heterocycles. The second kappa shape index (κ2) is 6.33. The van der Waals surface area contributed by atoms with Crippen molar-refractivity contribution < 1.29 is 24.1 Å². The number of methoxy groups -OCH3 is 1. The third-order valence-corrected chi connectivity index (χ3v) is 3.23. The summed E-state index contributed by atoms with van der Waals surface area (Å²) in [6, 6.07) is 0. The van der Waals surface area contributed by atoms with Gasteiger partial charge in [0.25, 0.3) is 0 Å². The first-order valence-electron chi connectivity index (χ1n) is 6.04. The summed E-state index contributed by atoms with van der Waals surface area (Å²) in [7, 11) is 1.60. The van der Waals surface area contributed by atoms with Gasteiger partial charge in [0, 0.05) is 13.5 Å². The molecule has 0 bridgehead atoms. The van der Waals surface area contributed by atoms with E-state index in [2.05, 4.69) is 0 Å². The standard InChI is InChI=1S/C12H22O5/c1-5-16-12(14)7(2)11-9(13)6-10(17-11)8(3)15-4/h7-11,13H,5-6H2,1-4H3/t7?,8-,9-,10-,11?/m1/s1. The third kappa shape index (κ3) is 3.40. The Balaban J connectivity index is 2.57. The van der Waals surface area contributed by atoms with E-state index in [1.807, 2.05) is 6.92 Å². The molecule has 1 N–H and O–H groups in total. The van der Waals surface area contributed by atoms with Crippen LogP contribution in [0.3, 0.4) is 0 Å². The second-order valence-corrected chi connectivity index (χ2v) is 4.42. The van der Waals surface area contributed by atoms with Crippen molar-refractivity contribution in [3.63, 3.8) is 0 Å². The van der Waals surface area contributed by atoms with Gasteiger partial charge in [0.1, 0.15) is 0 Å². The van der Waals surface area contributed by atoms with Gasteiger partial charge >= 0.3 is 5.97 Å². The maximum absolute atomic E-state index is 11.6. The Morgan fingerprint density at radius 1 is 1.53 bits per heavy atom. The Kier molecular flexibility index (Phi) is 5.36. The Morgan fingerprint density at radius 2 is 2.18 bits per heavy atom. The molecule has 5 heteroatoms. The van der Waals surface area contributed by atoms with Crippen LogP contribution in [0.1, 0.15) is 27.2 Å². The highest BCUT2D eigenvalue weighted by Gasteiger charge is 2.42. The minimum absolute atomic E-state index is 0.0935. The largest absolute Gasteiger partial charge is 0.466 e. The number of ether oxygens (including phenoxy) is 3. The smallest absolute Gasteiger partial charge is 0.311 e. The Hall–Kier alpha value is -0.650. The van der Waals surface area contributed by atoms with Crippen LogP contribution in [0.25, 0.3) is 0 Å². The number of carbonyl (C=O) groups excluding carboxylic acids is 1. The number of rotatable bonds is 5. The summed E-state index contributed by atoms with van der Waals surface area (Å²) in [6.07, 6.45) is -0.918. The Bertz CT molecular complexity index is 255. The van der Waals surface area contributed by atoms with E-state index < -0.39 is 18.1 Å². The van der Waals surface area contributed by atoms with Crippen molar-refractivity contribution in [1.82, 2.24) is 0 Å². The number of hydrogen-bond donors (Lipinski definition) is 1. The van der Waals surface area contributed by atoms with Gasteiger partial charge in [-0.2, -0.15) is 0 Å². The lowest BCUT2D eigenvalue weighted by Crippen LogP contribution is -2.35. The lowest BCUT2D eigenvalue weighted by Gasteiger charge is -2.22. The van der Waals surface area contributed by atoms with E-state index in [0.29, 0.717) is 13.0 Å². The summed E-state index contributed by atoms with van der Waals surface area (Å²) in [5.41, 5.74) is 0. The van der Waals surface area contributed by atoms with Crippen LogP contribution in [0.15, 0.2) is 0 Å². The van der Waals surface area contributed by atoms with E-state index in [4.69, 9.17) is 14.2 Å². The molecule has 5 nitrogen and oxygen atoms in total. The highest BCUT2D eigenvalue weighted by molar-refractivity contribution is 5.72. The molecule has 100 valence electrons. The van der Waals surface area contributed by atoms with Gasteiger partial charge in [-0.25, -0.2) is 0 Å². The fraction of sp³-hybridized carbons (Fsp3) is 0.917. The lowest BCUT2D eigenvalue weighted by molar-refractivity contribution is -0.156. The molecule has 17 heavy (non-hydrogen) atoms. The van der Waals surface area contributed by atoms with Crippen molar-refractivity contribution in [3.05, 3.63) is 0 Å². The summed E-state index contributed by atoms with van der Waals surface area (Å²) in [6.45, 7) is 5.69. The molecule has 0 spiro atoms. The van der Waals surface area contributed by atoms with Gasteiger partial charge < -0.3 is 19.3 Å². The average molecular weight is 246 g/mol. The summed E-state index contributed by atoms with van der Waals surface area (Å²) in [5.74, 6) is -0.790. The van der Waals surface area contributed by atoms with Crippen LogP contribution < -0.4 is 0 Å². The van der Waals surface area contributed by atoms with Crippen molar-refractivity contribution in [2.24, 2.45) is 5.92 Å².